The van der Waals surface area contributed by atoms with E-state index in [1.807, 2.05) is 0 Å². The third kappa shape index (κ3) is 2.93. The second-order valence-electron chi connectivity index (χ2n) is 2.91. The average Bonchev–Trinajstić information content (AvgIpc) is 2.42. The van der Waals surface area contributed by atoms with E-state index in [4.69, 9.17) is 5.73 Å². The first-order chi connectivity index (χ1) is 6.17. The van der Waals surface area contributed by atoms with Crippen molar-refractivity contribution in [3.05, 3.63) is 25.9 Å². The van der Waals surface area contributed by atoms with Crippen LogP contribution in [0.4, 0.5) is 0 Å². The summed E-state index contributed by atoms with van der Waals surface area (Å²) in [5.41, 5.74) is 6.90. The molecule has 0 aliphatic rings. The van der Waals surface area contributed by atoms with Gasteiger partial charge in [-0.1, -0.05) is 12.5 Å². The molecule has 1 heterocycles. The maximum absolute atomic E-state index is 5.60. The molecule has 0 radical (unpaired) electrons. The van der Waals surface area contributed by atoms with Crippen molar-refractivity contribution in [2.45, 2.75) is 20.3 Å². The summed E-state index contributed by atoms with van der Waals surface area (Å²) in [5.74, 6) is 0. The summed E-state index contributed by atoms with van der Waals surface area (Å²) in [6.45, 7) is 4.90. The third-order valence-corrected chi connectivity index (χ3v) is 4.02. The fourth-order valence-electron chi connectivity index (χ4n) is 1.06. The minimum absolute atomic E-state index is 0.658. The zero-order valence-corrected chi connectivity index (χ0v) is 10.3. The van der Waals surface area contributed by atoms with E-state index in [1.165, 1.54) is 19.8 Å². The summed E-state index contributed by atoms with van der Waals surface area (Å²) in [7, 11) is 0. The number of nitrogens with two attached hydrogens (primary N) is 1. The lowest BCUT2D eigenvalue weighted by Gasteiger charge is -1.97. The van der Waals surface area contributed by atoms with Crippen molar-refractivity contribution in [3.8, 4) is 0 Å². The molecule has 0 amide bonds. The molecule has 0 unspecified atom stereocenters. The van der Waals surface area contributed by atoms with Crippen LogP contribution in [-0.2, 0) is 0 Å². The van der Waals surface area contributed by atoms with Gasteiger partial charge in [-0.25, -0.2) is 0 Å². The van der Waals surface area contributed by atoms with Crippen LogP contribution in [0, 0.1) is 6.92 Å². The molecule has 0 bridgehead atoms. The second-order valence-corrected chi connectivity index (χ2v) is 5.06. The Bertz CT molecular complexity index is 289. The average molecular weight is 260 g/mol. The fourth-order valence-corrected chi connectivity index (χ4v) is 2.61. The minimum atomic E-state index is 0.658. The lowest BCUT2D eigenvalue weighted by Crippen LogP contribution is -2.01. The Morgan fingerprint density at radius 1 is 1.69 bits per heavy atom. The van der Waals surface area contributed by atoms with Gasteiger partial charge in [0.15, 0.2) is 0 Å². The van der Waals surface area contributed by atoms with Crippen LogP contribution in [0.3, 0.4) is 0 Å². The van der Waals surface area contributed by atoms with Crippen molar-refractivity contribution in [3.63, 3.8) is 0 Å². The summed E-state index contributed by atoms with van der Waals surface area (Å²) in [6.07, 6.45) is 3.22. The molecule has 0 saturated heterocycles. The number of hydrogen-bond donors (Lipinski definition) is 1. The molecule has 1 nitrogen and oxygen atoms in total. The monoisotopic (exact) mass is 259 g/mol. The Hall–Kier alpha value is -0.120. The van der Waals surface area contributed by atoms with Crippen LogP contribution in [-0.4, -0.2) is 6.54 Å². The summed E-state index contributed by atoms with van der Waals surface area (Å²) in [6, 6.07) is 2.14. The minimum Gasteiger partial charge on any atom is -0.327 e. The molecule has 0 spiro atoms. The van der Waals surface area contributed by atoms with Gasteiger partial charge in [-0.05, 0) is 41.4 Å². The van der Waals surface area contributed by atoms with E-state index in [9.17, 15) is 0 Å². The number of aryl methyl sites for hydroxylation is 1. The number of hydrogen-bond acceptors (Lipinski definition) is 2. The van der Waals surface area contributed by atoms with E-state index in [2.05, 4.69) is 41.9 Å². The van der Waals surface area contributed by atoms with Crippen LogP contribution in [0.5, 0.6) is 0 Å². The Kier molecular flexibility index (Phi) is 4.16. The Labute approximate surface area is 91.8 Å². The lowest BCUT2D eigenvalue weighted by atomic mass is 10.2. The molecule has 0 fully saturated rings. The second kappa shape index (κ2) is 4.94. The molecule has 13 heavy (non-hydrogen) atoms. The molecule has 0 atom stereocenters. The highest BCUT2D eigenvalue weighted by atomic mass is 79.9. The van der Waals surface area contributed by atoms with E-state index >= 15 is 0 Å². The summed E-state index contributed by atoms with van der Waals surface area (Å²) >= 11 is 5.29. The summed E-state index contributed by atoms with van der Waals surface area (Å²) in [4.78, 5) is 2.60. The largest absolute Gasteiger partial charge is 0.327 e. The van der Waals surface area contributed by atoms with Gasteiger partial charge in [0.25, 0.3) is 0 Å². The molecular formula is C10H14BrNS. The zero-order chi connectivity index (χ0) is 9.84. The summed E-state index contributed by atoms with van der Waals surface area (Å²) in [5, 5.41) is 0. The maximum Gasteiger partial charge on any atom is 0.0317 e. The van der Waals surface area contributed by atoms with E-state index in [0.29, 0.717) is 6.54 Å². The highest BCUT2D eigenvalue weighted by Crippen LogP contribution is 2.28. The topological polar surface area (TPSA) is 26.0 Å². The van der Waals surface area contributed by atoms with Gasteiger partial charge in [0.2, 0.25) is 0 Å². The molecule has 1 aromatic rings. The number of thiophene rings is 1. The molecule has 2 N–H and O–H groups in total. The van der Waals surface area contributed by atoms with Crippen molar-refractivity contribution in [2.24, 2.45) is 5.73 Å². The summed E-state index contributed by atoms with van der Waals surface area (Å²) < 4.78 is 1.19. The van der Waals surface area contributed by atoms with Crippen LogP contribution < -0.4 is 5.73 Å². The number of halogens is 1. The molecule has 1 rings (SSSR count). The molecule has 0 aromatic carbocycles. The Balaban J connectivity index is 2.89. The predicted octanol–water partition coefficient (Wildman–Crippen LogP) is 3.57. The maximum atomic E-state index is 5.60. The van der Waals surface area contributed by atoms with Gasteiger partial charge in [0, 0.05) is 20.8 Å². The lowest BCUT2D eigenvalue weighted by molar-refractivity contribution is 1.02. The van der Waals surface area contributed by atoms with Crippen molar-refractivity contribution in [1.82, 2.24) is 0 Å². The van der Waals surface area contributed by atoms with Gasteiger partial charge in [0.05, 0.1) is 0 Å². The predicted molar refractivity (Wildman–Crippen MR) is 64.1 cm³/mol. The molecule has 0 aliphatic carbocycles. The van der Waals surface area contributed by atoms with Crippen LogP contribution >= 0.6 is 27.3 Å². The normalized spacial score (nSPS) is 12.2. The molecule has 0 saturated carbocycles. The van der Waals surface area contributed by atoms with Crippen LogP contribution in [0.2, 0.25) is 0 Å². The van der Waals surface area contributed by atoms with Gasteiger partial charge in [-0.3, -0.25) is 0 Å². The van der Waals surface area contributed by atoms with Crippen LogP contribution in [0.15, 0.2) is 16.1 Å². The first kappa shape index (κ1) is 11.0. The first-order valence-electron chi connectivity index (χ1n) is 4.32. The molecule has 1 aromatic heterocycles. The van der Waals surface area contributed by atoms with E-state index in [0.717, 1.165) is 6.42 Å². The first-order valence-corrected chi connectivity index (χ1v) is 5.93. The molecule has 72 valence electrons. The van der Waals surface area contributed by atoms with Crippen molar-refractivity contribution in [2.75, 3.05) is 6.54 Å². The molecule has 3 heteroatoms. The highest BCUT2D eigenvalue weighted by Gasteiger charge is 2.00. The van der Waals surface area contributed by atoms with E-state index in [1.54, 1.807) is 11.3 Å². The van der Waals surface area contributed by atoms with Gasteiger partial charge < -0.3 is 5.73 Å². The van der Waals surface area contributed by atoms with Crippen molar-refractivity contribution < 1.29 is 0 Å². The number of rotatable bonds is 3. The standard InChI is InChI=1S/C10H14BrNS/c1-3-8(6-12)4-9-5-10(11)7(2)13-9/h4-5H,3,6,12H2,1-2H3/b8-4+. The SMILES string of the molecule is CC/C(=C\c1cc(Br)c(C)s1)CN. The smallest absolute Gasteiger partial charge is 0.0317 e. The fraction of sp³-hybridized carbons (Fsp3) is 0.400. The van der Waals surface area contributed by atoms with Gasteiger partial charge in [-0.2, -0.15) is 0 Å². The van der Waals surface area contributed by atoms with Gasteiger partial charge in [-0.15, -0.1) is 11.3 Å². The zero-order valence-electron chi connectivity index (χ0n) is 7.93. The Morgan fingerprint density at radius 2 is 2.38 bits per heavy atom. The van der Waals surface area contributed by atoms with E-state index in [-0.39, 0.29) is 0 Å². The van der Waals surface area contributed by atoms with E-state index < -0.39 is 0 Å². The quantitative estimate of drug-likeness (QED) is 0.883. The van der Waals surface area contributed by atoms with Gasteiger partial charge >= 0.3 is 0 Å². The van der Waals surface area contributed by atoms with Gasteiger partial charge in [0.1, 0.15) is 0 Å². The van der Waals surface area contributed by atoms with Crippen molar-refractivity contribution >= 4 is 33.3 Å². The van der Waals surface area contributed by atoms with Crippen molar-refractivity contribution in [1.29, 1.82) is 0 Å². The molecule has 0 aliphatic heterocycles. The van der Waals surface area contributed by atoms with Crippen LogP contribution in [0.1, 0.15) is 23.1 Å². The third-order valence-electron chi connectivity index (χ3n) is 1.94. The Morgan fingerprint density at radius 3 is 2.77 bits per heavy atom. The van der Waals surface area contributed by atoms with Crippen LogP contribution in [0.25, 0.3) is 6.08 Å². The molecular weight excluding hydrogens is 246 g/mol. The highest BCUT2D eigenvalue weighted by molar-refractivity contribution is 9.10.